The van der Waals surface area contributed by atoms with Crippen LogP contribution in [0.25, 0.3) is 10.4 Å². The molecule has 0 unspecified atom stereocenters. The minimum Gasteiger partial charge on any atom is -0.392 e. The van der Waals surface area contributed by atoms with Crippen LogP contribution in [0, 0.1) is 57.7 Å². The fourth-order valence-corrected chi connectivity index (χ4v) is 16.2. The molecule has 1 aromatic carbocycles. The zero-order chi connectivity index (χ0) is 62.8. The smallest absolute Gasteiger partial charge is 0.246 e. The van der Waals surface area contributed by atoms with Crippen LogP contribution in [-0.2, 0) is 56.0 Å². The van der Waals surface area contributed by atoms with Gasteiger partial charge in [-0.2, -0.15) is 0 Å². The lowest BCUT2D eigenvalue weighted by molar-refractivity contribution is -0.146. The van der Waals surface area contributed by atoms with Gasteiger partial charge in [0.2, 0.25) is 23.6 Å². The number of likely N-dealkylation sites (tertiary alicyclic amines) is 1. The second-order valence-electron chi connectivity index (χ2n) is 27.8. The number of hydrogen-bond donors (Lipinski definition) is 6. The van der Waals surface area contributed by atoms with E-state index in [9.17, 15) is 48.9 Å². The molecule has 86 heavy (non-hydrogen) atoms. The van der Waals surface area contributed by atoms with Gasteiger partial charge in [-0.3, -0.25) is 33.6 Å². The topological polar surface area (TPSA) is 282 Å². The van der Waals surface area contributed by atoms with Crippen molar-refractivity contribution in [2.75, 3.05) is 39.5 Å². The van der Waals surface area contributed by atoms with Gasteiger partial charge in [-0.05, 0) is 91.2 Å². The number of β-amino-alcohol motifs (C(OH)–C–C–N with tert-alkyl or cyclic N) is 1. The lowest BCUT2D eigenvalue weighted by atomic mass is 9.42. The van der Waals surface area contributed by atoms with Gasteiger partial charge < -0.3 is 45.6 Å². The van der Waals surface area contributed by atoms with Crippen LogP contribution in [0.1, 0.15) is 163 Å². The van der Waals surface area contributed by atoms with E-state index < -0.39 is 69.3 Å². The van der Waals surface area contributed by atoms with E-state index >= 15 is 0 Å². The second-order valence-corrected chi connectivity index (χ2v) is 28.6. The molecule has 6 N–H and O–H groups in total. The molecule has 3 heterocycles. The molecule has 1 aliphatic heterocycles. The number of benzene rings is 1. The van der Waals surface area contributed by atoms with E-state index in [0.717, 1.165) is 21.7 Å². The van der Waals surface area contributed by atoms with Gasteiger partial charge in [0.25, 0.3) is 0 Å². The summed E-state index contributed by atoms with van der Waals surface area (Å²) in [5, 5.41) is 51.8. The normalized spacial score (nSPS) is 28.5. The Bertz CT molecular complexity index is 3020. The molecule has 13 atom stereocenters. The van der Waals surface area contributed by atoms with E-state index in [1.165, 1.54) is 4.90 Å². The van der Waals surface area contributed by atoms with Gasteiger partial charge in [-0.15, -0.1) is 16.4 Å². The van der Waals surface area contributed by atoms with Crippen molar-refractivity contribution in [1.29, 1.82) is 0 Å². The van der Waals surface area contributed by atoms with Crippen LogP contribution in [0.4, 0.5) is 0 Å². The number of aliphatic hydroxyl groups excluding tert-OH is 3. The Morgan fingerprint density at radius 3 is 2.27 bits per heavy atom. The van der Waals surface area contributed by atoms with Gasteiger partial charge in [0.15, 0.2) is 5.78 Å². The number of aliphatic hydroxyl groups is 3. The summed E-state index contributed by atoms with van der Waals surface area (Å²) in [7, 11) is 0. The maximum atomic E-state index is 14.5. The summed E-state index contributed by atoms with van der Waals surface area (Å²) in [6, 6.07) is 5.70. The molecule has 21 heteroatoms. The number of nitrogens with zero attached hydrogens (tertiary/aromatic N) is 5. The highest BCUT2D eigenvalue weighted by molar-refractivity contribution is 7.13. The molecule has 4 amide bonds. The van der Waals surface area contributed by atoms with Crippen molar-refractivity contribution in [3.05, 3.63) is 64.1 Å². The van der Waals surface area contributed by atoms with Gasteiger partial charge in [-0.1, -0.05) is 98.7 Å². The van der Waals surface area contributed by atoms with Crippen molar-refractivity contribution >= 4 is 52.3 Å². The highest BCUT2D eigenvalue weighted by Gasteiger charge is 2.70. The number of aryl methyl sites for hydroxylation is 2. The number of nitrogens with one attached hydrogen (secondary N) is 3. The number of carbonyl (C=O) groups is 7. The highest BCUT2D eigenvalue weighted by Crippen LogP contribution is 2.71. The summed E-state index contributed by atoms with van der Waals surface area (Å²) in [4.78, 5) is 102. The van der Waals surface area contributed by atoms with Crippen LogP contribution in [0.15, 0.2) is 47.1 Å². The van der Waals surface area contributed by atoms with Crippen molar-refractivity contribution in [1.82, 2.24) is 40.8 Å². The van der Waals surface area contributed by atoms with Crippen LogP contribution < -0.4 is 16.0 Å². The van der Waals surface area contributed by atoms with Crippen LogP contribution >= 0.6 is 11.3 Å². The van der Waals surface area contributed by atoms with E-state index in [0.29, 0.717) is 81.7 Å². The summed E-state index contributed by atoms with van der Waals surface area (Å²) in [5.41, 5.74) is 3.07. The number of ether oxygens (including phenoxy) is 2. The van der Waals surface area contributed by atoms with Crippen molar-refractivity contribution in [3.8, 4) is 10.4 Å². The first-order chi connectivity index (χ1) is 40.4. The lowest BCUT2D eigenvalue weighted by Gasteiger charge is -2.61. The lowest BCUT2D eigenvalue weighted by Crippen LogP contribution is -2.60. The monoisotopic (exact) mass is 1210 g/mol. The van der Waals surface area contributed by atoms with Crippen molar-refractivity contribution < 1.29 is 58.4 Å². The molecular formula is C65H94N8O12S. The van der Waals surface area contributed by atoms with Crippen LogP contribution in [-0.4, -0.2) is 151 Å². The first-order valence-corrected chi connectivity index (χ1v) is 31.9. The van der Waals surface area contributed by atoms with Gasteiger partial charge in [-0.25, -0.2) is 9.67 Å². The molecule has 20 nitrogen and oxygen atoms in total. The SMILES string of the molecule is Cc1ncsc1-c1ccc([C@H](C)NC(=O)[C@@H]2C[C@@H](O)CN2C(=O)[C@@H](NC(=O)CCCc2cn(CCOCCOCCNC(=O)[C@H](C)CC(=O)C[C@@H](C)[C@H]3C[C@H](O)[C@@]4(C)C5=C(C(=O)C[C@]34C)[C@@]3(C)CCC(=O)C(C)(C)[C@@H]3C[C@@H]5O)nn2)C(C)(C)C)cc1. The molecule has 4 aliphatic carbocycles. The van der Waals surface area contributed by atoms with E-state index in [4.69, 9.17) is 9.47 Å². The predicted molar refractivity (Wildman–Crippen MR) is 324 cm³/mol. The molecule has 3 aromatic rings. The van der Waals surface area contributed by atoms with Crippen LogP contribution in [0.3, 0.4) is 0 Å². The Labute approximate surface area is 510 Å². The molecule has 8 rings (SSSR count). The van der Waals surface area contributed by atoms with Gasteiger partial charge in [0.05, 0.1) is 79.1 Å². The Hall–Kier alpha value is -5.58. The molecule has 3 fully saturated rings. The number of fused-ring (bicyclic) bond motifs is 4. The number of aromatic nitrogens is 4. The zero-order valence-corrected chi connectivity index (χ0v) is 53.4. The molecule has 2 saturated carbocycles. The first-order valence-electron chi connectivity index (χ1n) is 31.0. The maximum Gasteiger partial charge on any atom is 0.246 e. The minimum atomic E-state index is -0.963. The summed E-state index contributed by atoms with van der Waals surface area (Å²) in [6.45, 7) is 24.9. The fraction of sp³-hybridized carbons (Fsp3) is 0.692. The van der Waals surface area contributed by atoms with Crippen LogP contribution in [0.5, 0.6) is 0 Å². The summed E-state index contributed by atoms with van der Waals surface area (Å²) >= 11 is 1.57. The molecule has 472 valence electrons. The van der Waals surface area contributed by atoms with Gasteiger partial charge >= 0.3 is 0 Å². The Kier molecular flexibility index (Phi) is 20.6. The van der Waals surface area contributed by atoms with Crippen molar-refractivity contribution in [2.24, 2.45) is 50.7 Å². The quantitative estimate of drug-likeness (QED) is 0.0487. The van der Waals surface area contributed by atoms with E-state index in [-0.39, 0.29) is 111 Å². The molecule has 1 saturated heterocycles. The predicted octanol–water partition coefficient (Wildman–Crippen LogP) is 6.61. The number of ketones is 3. The van der Waals surface area contributed by atoms with E-state index in [2.05, 4.69) is 38.2 Å². The largest absolute Gasteiger partial charge is 0.392 e. The van der Waals surface area contributed by atoms with Crippen LogP contribution in [0.2, 0.25) is 0 Å². The Morgan fingerprint density at radius 1 is 0.895 bits per heavy atom. The second kappa shape index (κ2) is 26.6. The summed E-state index contributed by atoms with van der Waals surface area (Å²) in [6.07, 6.45) is 2.33. The Balaban J connectivity index is 0.694. The van der Waals surface area contributed by atoms with E-state index in [1.54, 1.807) is 29.1 Å². The van der Waals surface area contributed by atoms with Gasteiger partial charge in [0, 0.05) is 85.5 Å². The molecular weight excluding hydrogens is 1120 g/mol. The average Bonchev–Trinajstić information content (AvgIpc) is 1.27. The minimum absolute atomic E-state index is 0.0228. The number of rotatable bonds is 25. The average molecular weight is 1210 g/mol. The zero-order valence-electron chi connectivity index (χ0n) is 52.6. The highest BCUT2D eigenvalue weighted by atomic mass is 32.1. The maximum absolute atomic E-state index is 14.5. The molecule has 0 bridgehead atoms. The van der Waals surface area contributed by atoms with E-state index in [1.807, 2.05) is 99.0 Å². The summed E-state index contributed by atoms with van der Waals surface area (Å²) < 4.78 is 13.1. The molecule has 0 spiro atoms. The Morgan fingerprint density at radius 2 is 1.59 bits per heavy atom. The third-order valence-electron chi connectivity index (χ3n) is 20.5. The molecule has 0 radical (unpaired) electrons. The summed E-state index contributed by atoms with van der Waals surface area (Å²) in [5.74, 6) is -2.46. The van der Waals surface area contributed by atoms with Gasteiger partial charge in [0.1, 0.15) is 23.7 Å². The third kappa shape index (κ3) is 13.7. The molecule has 5 aliphatic rings. The number of thiazole rings is 1. The third-order valence-corrected chi connectivity index (χ3v) is 21.4. The molecule has 2 aromatic heterocycles. The number of allylic oxidation sites excluding steroid dienone is 1. The fourth-order valence-electron chi connectivity index (χ4n) is 15.4. The number of hydrogen-bond acceptors (Lipinski definition) is 16. The van der Waals surface area contributed by atoms with Crippen molar-refractivity contribution in [2.45, 2.75) is 197 Å². The standard InChI is InChI=1S/C65H94N8O12S/c1-37(46-31-52(79)65(12)55-48(76)32-50-62(8,9)51(78)20-21-63(50,10)54(55)49(77)33-64(46,65)11)28-44(74)29-38(2)58(81)66-22-24-84-26-27-85-25-23-72-34-43(70-71-72)14-13-15-53(80)69-57(61(5,6)7)60(83)73-35-45(75)30-47(73)59(82)68-39(3)41-16-18-42(19-17-41)56-40(4)67-36-86-56/h16-19,34,36-39,45-48,50,52,57,75-76,79H,13-15,20-33,35H2,1-12H3,(H,66,81)(H,68,82)(H,69,80)/t37-,38-,39+,45-,46-,47+,48+,50+,52+,57-,63+,64-,65+/m1/s1. The number of amides is 4. The number of carbonyl (C=O) groups excluding carboxylic acids is 7. The number of Topliss-reactive ketones (excluding diaryl/α,β-unsaturated/α-hetero) is 3. The first kappa shape index (κ1) is 66.4. The van der Waals surface area contributed by atoms with Crippen molar-refractivity contribution in [3.63, 3.8) is 0 Å².